The van der Waals surface area contributed by atoms with Crippen LogP contribution >= 0.6 is 11.8 Å². The van der Waals surface area contributed by atoms with Gasteiger partial charge >= 0.3 is 6.03 Å². The first kappa shape index (κ1) is 23.9. The summed E-state index contributed by atoms with van der Waals surface area (Å²) < 4.78 is 8.12. The van der Waals surface area contributed by atoms with Crippen molar-refractivity contribution in [1.29, 1.82) is 0 Å². The van der Waals surface area contributed by atoms with Crippen LogP contribution in [0.25, 0.3) is 5.82 Å². The number of aryl methyl sites for hydroxylation is 1. The van der Waals surface area contributed by atoms with Gasteiger partial charge in [0.15, 0.2) is 0 Å². The normalized spacial score (nSPS) is 19.2. The minimum absolute atomic E-state index is 0.0575. The highest BCUT2D eigenvalue weighted by molar-refractivity contribution is 6.19. The molecule has 0 N–H and O–H groups in total. The molecule has 2 amide bonds. The summed E-state index contributed by atoms with van der Waals surface area (Å²) in [7, 11) is 2.14. The Bertz CT molecular complexity index is 1190. The molecule has 8 heteroatoms. The van der Waals surface area contributed by atoms with Crippen molar-refractivity contribution in [2.24, 2.45) is 4.99 Å². The summed E-state index contributed by atoms with van der Waals surface area (Å²) in [5, 5.41) is 1.57. The second-order valence-electron chi connectivity index (χ2n) is 9.76. The molecule has 0 atom stereocenters. The number of anilines is 1. The summed E-state index contributed by atoms with van der Waals surface area (Å²) in [5.41, 5.74) is 1.88. The lowest BCUT2D eigenvalue weighted by Gasteiger charge is -2.37. The topological polar surface area (TPSA) is 51.6 Å². The van der Waals surface area contributed by atoms with E-state index in [4.69, 9.17) is 16.5 Å². The Morgan fingerprint density at radius 1 is 1.06 bits per heavy atom. The summed E-state index contributed by atoms with van der Waals surface area (Å²) in [5.74, 6) is 1.34. The lowest BCUT2D eigenvalue weighted by Crippen LogP contribution is -2.52. The first-order valence-electron chi connectivity index (χ1n) is 12.6. The van der Waals surface area contributed by atoms with Gasteiger partial charge in [-0.25, -0.2) is 14.1 Å². The van der Waals surface area contributed by atoms with Crippen LogP contribution in [-0.2, 0) is 0 Å². The van der Waals surface area contributed by atoms with E-state index in [1.807, 2.05) is 54.3 Å². The molecule has 35 heavy (non-hydrogen) atoms. The summed E-state index contributed by atoms with van der Waals surface area (Å²) >= 11 is 6.84. The molecule has 186 valence electrons. The molecular weight excluding hydrogens is 462 g/mol. The van der Waals surface area contributed by atoms with Gasteiger partial charge < -0.3 is 14.5 Å². The smallest absolute Gasteiger partial charge is 0.330 e. The van der Waals surface area contributed by atoms with Crippen molar-refractivity contribution in [3.05, 3.63) is 58.6 Å². The van der Waals surface area contributed by atoms with E-state index in [9.17, 15) is 4.79 Å². The summed E-state index contributed by atoms with van der Waals surface area (Å²) in [6.07, 6.45) is 5.24. The molecule has 2 fully saturated rings. The predicted octanol–water partition coefficient (Wildman–Crippen LogP) is 3.69. The van der Waals surface area contributed by atoms with Gasteiger partial charge in [-0.2, -0.15) is 0 Å². The van der Waals surface area contributed by atoms with E-state index in [1.54, 1.807) is 9.32 Å². The van der Waals surface area contributed by atoms with Crippen LogP contribution in [0.2, 0.25) is 0 Å². The number of ether oxygens (including phenoxy) is 1. The Balaban J connectivity index is 1.66. The fourth-order valence-electron chi connectivity index (χ4n) is 5.12. The molecule has 5 rings (SSSR count). The van der Waals surface area contributed by atoms with E-state index in [-0.39, 0.29) is 18.8 Å². The van der Waals surface area contributed by atoms with E-state index in [0.29, 0.717) is 5.82 Å². The predicted molar refractivity (Wildman–Crippen MR) is 139 cm³/mol. The number of hydrogen-bond acceptors (Lipinski definition) is 5. The Hall–Kier alpha value is -2.77. The van der Waals surface area contributed by atoms with Gasteiger partial charge in [0, 0.05) is 38.0 Å². The molecule has 2 aromatic rings. The number of halogens is 1. The maximum absolute atomic E-state index is 14.1. The van der Waals surface area contributed by atoms with Gasteiger partial charge in [0.25, 0.3) is 0 Å². The fourth-order valence-corrected chi connectivity index (χ4v) is 5.33. The molecule has 7 nitrogen and oxygen atoms in total. The van der Waals surface area contributed by atoms with E-state index in [2.05, 4.69) is 16.9 Å². The molecular formula is C27H34ClN5O2. The maximum Gasteiger partial charge on any atom is 0.330 e. The van der Waals surface area contributed by atoms with Gasteiger partial charge in [-0.3, -0.25) is 4.99 Å². The third-order valence-corrected chi connectivity index (χ3v) is 7.34. The molecule has 3 aliphatic rings. The molecule has 0 unspecified atom stereocenters. The van der Waals surface area contributed by atoms with E-state index in [0.717, 1.165) is 85.9 Å². The number of amides is 2. The van der Waals surface area contributed by atoms with E-state index >= 15 is 0 Å². The van der Waals surface area contributed by atoms with Gasteiger partial charge in [-0.1, -0.05) is 18.2 Å². The average molecular weight is 496 g/mol. The van der Waals surface area contributed by atoms with Crippen molar-refractivity contribution < 1.29 is 9.53 Å². The molecule has 0 aromatic heterocycles. The van der Waals surface area contributed by atoms with Crippen LogP contribution in [0.3, 0.4) is 0 Å². The molecule has 2 saturated heterocycles. The lowest BCUT2D eigenvalue weighted by molar-refractivity contribution is 0.113. The molecule has 2 aromatic carbocycles. The zero-order valence-electron chi connectivity index (χ0n) is 20.6. The molecule has 3 heterocycles. The number of piperidine rings is 2. The first-order valence-corrected chi connectivity index (χ1v) is 13.0. The average Bonchev–Trinajstić information content (AvgIpc) is 2.87. The number of nitrogens with zero attached hydrogens (tertiary/aromatic N) is 5. The molecule has 0 bridgehead atoms. The van der Waals surface area contributed by atoms with Crippen molar-refractivity contribution in [3.8, 4) is 5.75 Å². The Kier molecular flexibility index (Phi) is 7.16. The number of carbonyl (C=O) groups excluding carboxylic acids is 1. The van der Waals surface area contributed by atoms with Gasteiger partial charge in [0.05, 0.1) is 16.3 Å². The summed E-state index contributed by atoms with van der Waals surface area (Å²) in [6.45, 7) is 5.81. The Morgan fingerprint density at radius 3 is 2.54 bits per heavy atom. The van der Waals surface area contributed by atoms with Crippen molar-refractivity contribution in [3.63, 3.8) is 0 Å². The van der Waals surface area contributed by atoms with Crippen LogP contribution in [0.1, 0.15) is 37.7 Å². The Labute approximate surface area is 212 Å². The third kappa shape index (κ3) is 5.11. The zero-order chi connectivity index (χ0) is 24.4. The van der Waals surface area contributed by atoms with E-state index < -0.39 is 0 Å². The van der Waals surface area contributed by atoms with Gasteiger partial charge in [-0.05, 0) is 75.9 Å². The minimum Gasteiger partial charge on any atom is -0.489 e. The molecule has 0 radical (unpaired) electrons. The Morgan fingerprint density at radius 2 is 1.80 bits per heavy atom. The van der Waals surface area contributed by atoms with Crippen molar-refractivity contribution >= 4 is 29.3 Å². The number of benzene rings is 2. The fraction of sp³-hybridized carbons (Fsp3) is 0.481. The number of carbonyl (C=O) groups is 1. The standard InChI is InChI=1S/C27H34ClN5O2/c1-20-8-6-9-21(18-20)33(27(34)31-14-4-3-5-15-31)26-25-23(29-19-32(26)28)10-7-11-24(25)35-22-12-16-30(2)17-13-22/h6-11,18,22H,3-5,12-17,19H2,1-2H3. The van der Waals surface area contributed by atoms with Crippen LogP contribution in [0.4, 0.5) is 10.5 Å². The summed E-state index contributed by atoms with van der Waals surface area (Å²) in [4.78, 5) is 24.8. The minimum atomic E-state index is -0.0575. The van der Waals surface area contributed by atoms with Crippen molar-refractivity contribution in [2.45, 2.75) is 45.1 Å². The quantitative estimate of drug-likeness (QED) is 0.607. The van der Waals surface area contributed by atoms with Crippen LogP contribution in [0.5, 0.6) is 5.75 Å². The highest BCUT2D eigenvalue weighted by Gasteiger charge is 2.32. The van der Waals surface area contributed by atoms with E-state index in [1.165, 1.54) is 0 Å². The number of fused-ring (bicyclic) bond motifs is 1. The van der Waals surface area contributed by atoms with Crippen molar-refractivity contribution in [1.82, 2.24) is 14.2 Å². The zero-order valence-corrected chi connectivity index (χ0v) is 21.4. The number of likely N-dealkylation sites (tertiary alicyclic amines) is 2. The highest BCUT2D eigenvalue weighted by Crippen LogP contribution is 2.28. The highest BCUT2D eigenvalue weighted by atomic mass is 35.5. The van der Waals surface area contributed by atoms with Gasteiger partial charge in [0.2, 0.25) is 0 Å². The molecule has 0 spiro atoms. The monoisotopic (exact) mass is 495 g/mol. The molecule has 0 aliphatic carbocycles. The van der Waals surface area contributed by atoms with Crippen LogP contribution in [0.15, 0.2) is 47.5 Å². The molecule has 0 saturated carbocycles. The second-order valence-corrected chi connectivity index (χ2v) is 10.2. The van der Waals surface area contributed by atoms with Crippen LogP contribution < -0.4 is 20.2 Å². The first-order chi connectivity index (χ1) is 17.0. The number of hydrogen-bond donors (Lipinski definition) is 0. The largest absolute Gasteiger partial charge is 0.489 e. The lowest BCUT2D eigenvalue weighted by atomic mass is 10.1. The van der Waals surface area contributed by atoms with Crippen LogP contribution in [-0.4, -0.2) is 66.2 Å². The number of rotatable bonds is 4. The maximum atomic E-state index is 14.1. The SMILES string of the molecule is Cc1cccc(N(C(=O)N2CCCCC2)C2=c3c(OC4CCN(C)CC4)cccc3=NCN2Cl)c1. The molecule has 3 aliphatic heterocycles. The van der Waals surface area contributed by atoms with Gasteiger partial charge in [-0.15, -0.1) is 0 Å². The third-order valence-electron chi connectivity index (χ3n) is 7.07. The van der Waals surface area contributed by atoms with Crippen LogP contribution in [0, 0.1) is 6.92 Å². The van der Waals surface area contributed by atoms with Crippen molar-refractivity contribution in [2.75, 3.05) is 44.8 Å². The van der Waals surface area contributed by atoms with Gasteiger partial charge in [0.1, 0.15) is 24.3 Å². The summed E-state index contributed by atoms with van der Waals surface area (Å²) in [6, 6.07) is 13.9. The second kappa shape index (κ2) is 10.5. The number of urea groups is 1.